The summed E-state index contributed by atoms with van der Waals surface area (Å²) in [6, 6.07) is 4.70. The fourth-order valence-electron chi connectivity index (χ4n) is 7.08. The molecule has 2 aliphatic heterocycles. The number of fused-ring (bicyclic) bond motifs is 1. The van der Waals surface area contributed by atoms with Crippen LogP contribution in [-0.2, 0) is 9.47 Å². The molecule has 1 saturated heterocycles. The van der Waals surface area contributed by atoms with Crippen molar-refractivity contribution in [1.29, 1.82) is 0 Å². The van der Waals surface area contributed by atoms with Crippen molar-refractivity contribution >= 4 is 11.0 Å². The molecule has 2 aromatic rings. The number of ether oxygens (including phenoxy) is 2. The summed E-state index contributed by atoms with van der Waals surface area (Å²) >= 11 is 0. The van der Waals surface area contributed by atoms with Crippen molar-refractivity contribution in [3.8, 4) is 0 Å². The van der Waals surface area contributed by atoms with Crippen LogP contribution in [0.5, 0.6) is 0 Å². The zero-order valence-electron chi connectivity index (χ0n) is 22.3. The van der Waals surface area contributed by atoms with Crippen LogP contribution >= 0.6 is 0 Å². The standard InChI is InChI=1S/C31H41FN2O4/c32-23-8-10-26-29(18-23)38-33-31(26)22-12-15-34(16-13-22)14-4-5-17-36-24-9-11-25-27(21-6-2-1-3-7-21)20-30(35)37-28(25)19-24/h2,6,8,10,18,21-22,24,27,30,35H,1,3-5,7,9,11-17,19-20H2/t21-,24+,27?,30+/m0/s1. The molecule has 1 N–H and O–H groups in total. The van der Waals surface area contributed by atoms with E-state index in [1.165, 1.54) is 37.0 Å². The minimum Gasteiger partial charge on any atom is -0.469 e. The van der Waals surface area contributed by atoms with Gasteiger partial charge < -0.3 is 24.0 Å². The minimum atomic E-state index is -0.678. The van der Waals surface area contributed by atoms with Gasteiger partial charge in [-0.2, -0.15) is 0 Å². The van der Waals surface area contributed by atoms with Crippen LogP contribution in [0.1, 0.15) is 82.2 Å². The molecule has 7 heteroatoms. The van der Waals surface area contributed by atoms with Crippen LogP contribution in [0.3, 0.4) is 0 Å². The number of rotatable bonds is 8. The first-order chi connectivity index (χ1) is 18.6. The molecule has 1 unspecified atom stereocenters. The lowest BCUT2D eigenvalue weighted by molar-refractivity contribution is -0.107. The van der Waals surface area contributed by atoms with Gasteiger partial charge in [-0.25, -0.2) is 4.39 Å². The summed E-state index contributed by atoms with van der Waals surface area (Å²) in [5, 5.41) is 15.6. The quantitative estimate of drug-likeness (QED) is 0.316. The van der Waals surface area contributed by atoms with E-state index in [9.17, 15) is 9.50 Å². The number of aliphatic hydroxyl groups is 1. The van der Waals surface area contributed by atoms with E-state index >= 15 is 0 Å². The van der Waals surface area contributed by atoms with Crippen LogP contribution in [0, 0.1) is 17.7 Å². The van der Waals surface area contributed by atoms with E-state index in [2.05, 4.69) is 22.2 Å². The van der Waals surface area contributed by atoms with Gasteiger partial charge in [-0.15, -0.1) is 0 Å². The number of unbranched alkanes of at least 4 members (excludes halogenated alkanes) is 1. The highest BCUT2D eigenvalue weighted by Crippen LogP contribution is 2.44. The van der Waals surface area contributed by atoms with Gasteiger partial charge in [0.1, 0.15) is 11.6 Å². The summed E-state index contributed by atoms with van der Waals surface area (Å²) in [6.07, 6.45) is 15.8. The lowest BCUT2D eigenvalue weighted by Gasteiger charge is -2.40. The second-order valence-corrected chi connectivity index (χ2v) is 11.7. The maximum atomic E-state index is 13.5. The highest BCUT2D eigenvalue weighted by molar-refractivity contribution is 5.79. The van der Waals surface area contributed by atoms with Gasteiger partial charge >= 0.3 is 0 Å². The van der Waals surface area contributed by atoms with Gasteiger partial charge in [0, 0.05) is 36.8 Å². The van der Waals surface area contributed by atoms with E-state index < -0.39 is 6.29 Å². The van der Waals surface area contributed by atoms with Crippen LogP contribution in [0.4, 0.5) is 4.39 Å². The summed E-state index contributed by atoms with van der Waals surface area (Å²) in [6.45, 7) is 3.98. The van der Waals surface area contributed by atoms with Gasteiger partial charge in [-0.3, -0.25) is 0 Å². The first kappa shape index (κ1) is 26.0. The number of aliphatic hydroxyl groups excluding tert-OH is 1. The predicted molar refractivity (Wildman–Crippen MR) is 144 cm³/mol. The van der Waals surface area contributed by atoms with E-state index in [4.69, 9.17) is 14.0 Å². The Balaban J connectivity index is 0.911. The van der Waals surface area contributed by atoms with Crippen molar-refractivity contribution in [1.82, 2.24) is 10.1 Å². The molecule has 0 spiro atoms. The van der Waals surface area contributed by atoms with Crippen LogP contribution in [0.2, 0.25) is 0 Å². The fraction of sp³-hybridized carbons (Fsp3) is 0.645. The lowest BCUT2D eigenvalue weighted by atomic mass is 9.73. The molecule has 4 aliphatic rings. The third-order valence-corrected chi connectivity index (χ3v) is 9.16. The van der Waals surface area contributed by atoms with Gasteiger partial charge in [0.05, 0.1) is 11.8 Å². The van der Waals surface area contributed by atoms with Gasteiger partial charge in [0.15, 0.2) is 11.9 Å². The summed E-state index contributed by atoms with van der Waals surface area (Å²) in [4.78, 5) is 2.53. The van der Waals surface area contributed by atoms with E-state index in [1.807, 2.05) is 0 Å². The zero-order valence-corrected chi connectivity index (χ0v) is 22.3. The van der Waals surface area contributed by atoms with E-state index in [-0.39, 0.29) is 11.9 Å². The van der Waals surface area contributed by atoms with E-state index in [0.29, 0.717) is 23.3 Å². The van der Waals surface area contributed by atoms with E-state index in [1.54, 1.807) is 6.07 Å². The SMILES string of the molecule is O[C@H]1CC([C@H]2C=CCCC2)C2=C(C[C@H](OCCCCN3CCC(c4noc5cc(F)ccc45)CC3)CC2)O1. The van der Waals surface area contributed by atoms with Gasteiger partial charge in [-0.1, -0.05) is 17.3 Å². The highest BCUT2D eigenvalue weighted by atomic mass is 19.1. The first-order valence-corrected chi connectivity index (χ1v) is 14.8. The molecule has 1 fully saturated rings. The normalized spacial score (nSPS) is 29.0. The molecule has 0 saturated carbocycles. The average Bonchev–Trinajstić information content (AvgIpc) is 3.36. The molecule has 3 heterocycles. The summed E-state index contributed by atoms with van der Waals surface area (Å²) in [7, 11) is 0. The van der Waals surface area contributed by atoms with Crippen molar-refractivity contribution in [3.63, 3.8) is 0 Å². The average molecular weight is 525 g/mol. The molecule has 1 aromatic carbocycles. The second-order valence-electron chi connectivity index (χ2n) is 11.7. The first-order valence-electron chi connectivity index (χ1n) is 14.8. The number of benzene rings is 1. The van der Waals surface area contributed by atoms with Crippen LogP contribution < -0.4 is 0 Å². The van der Waals surface area contributed by atoms with Crippen LogP contribution in [0.15, 0.2) is 46.2 Å². The Labute approximate surface area is 224 Å². The fourth-order valence-corrected chi connectivity index (χ4v) is 7.08. The van der Waals surface area contributed by atoms with Crippen molar-refractivity contribution in [2.45, 2.75) is 88.9 Å². The van der Waals surface area contributed by atoms with Crippen molar-refractivity contribution in [2.24, 2.45) is 11.8 Å². The zero-order chi connectivity index (χ0) is 25.9. The number of piperidine rings is 1. The number of hydrogen-bond donors (Lipinski definition) is 1. The molecule has 6 nitrogen and oxygen atoms in total. The number of aromatic nitrogens is 1. The Morgan fingerprint density at radius 1 is 1.13 bits per heavy atom. The third-order valence-electron chi connectivity index (χ3n) is 9.16. The van der Waals surface area contributed by atoms with Gasteiger partial charge in [0.2, 0.25) is 0 Å². The molecule has 38 heavy (non-hydrogen) atoms. The maximum Gasteiger partial charge on any atom is 0.197 e. The van der Waals surface area contributed by atoms with E-state index in [0.717, 1.165) is 94.4 Å². The summed E-state index contributed by atoms with van der Waals surface area (Å²) in [5.41, 5.74) is 2.97. The Kier molecular flexibility index (Phi) is 8.14. The Morgan fingerprint density at radius 2 is 2.03 bits per heavy atom. The molecule has 6 rings (SSSR count). The number of nitrogens with zero attached hydrogens (tertiary/aromatic N) is 2. The second kappa shape index (κ2) is 11.9. The molecular formula is C31H41FN2O4. The topological polar surface area (TPSA) is 68.0 Å². The lowest BCUT2D eigenvalue weighted by Crippen LogP contribution is -2.35. The largest absolute Gasteiger partial charge is 0.469 e. The minimum absolute atomic E-state index is 0.197. The molecule has 1 aromatic heterocycles. The molecule has 4 atom stereocenters. The van der Waals surface area contributed by atoms with Gasteiger partial charge in [0.25, 0.3) is 0 Å². The van der Waals surface area contributed by atoms with Crippen molar-refractivity contribution < 1.29 is 23.5 Å². The Morgan fingerprint density at radius 3 is 2.87 bits per heavy atom. The molecule has 206 valence electrons. The van der Waals surface area contributed by atoms with Crippen molar-refractivity contribution in [2.75, 3.05) is 26.2 Å². The predicted octanol–water partition coefficient (Wildman–Crippen LogP) is 6.46. The molecule has 0 radical (unpaired) electrons. The molecule has 2 aliphatic carbocycles. The number of allylic oxidation sites excluding steroid dienone is 3. The smallest absolute Gasteiger partial charge is 0.197 e. The maximum absolute atomic E-state index is 13.5. The Hall–Kier alpha value is -2.22. The summed E-state index contributed by atoms with van der Waals surface area (Å²) in [5.74, 6) is 2.08. The molecule has 0 bridgehead atoms. The molecular weight excluding hydrogens is 483 g/mol. The highest BCUT2D eigenvalue weighted by Gasteiger charge is 2.37. The number of halogens is 1. The number of hydrogen-bond acceptors (Lipinski definition) is 6. The van der Waals surface area contributed by atoms with Crippen LogP contribution in [0.25, 0.3) is 11.0 Å². The van der Waals surface area contributed by atoms with Crippen molar-refractivity contribution in [3.05, 3.63) is 53.2 Å². The monoisotopic (exact) mass is 524 g/mol. The van der Waals surface area contributed by atoms with Crippen LogP contribution in [-0.4, -0.2) is 53.8 Å². The Bertz CT molecular complexity index is 1150. The van der Waals surface area contributed by atoms with Gasteiger partial charge in [-0.05, 0) is 107 Å². The molecule has 0 amide bonds. The summed E-state index contributed by atoms with van der Waals surface area (Å²) < 4.78 is 31.0. The third kappa shape index (κ3) is 5.85. The number of likely N-dealkylation sites (tertiary alicyclic amines) is 1.